The van der Waals surface area contributed by atoms with Crippen LogP contribution in [-0.4, -0.2) is 46.1 Å². The minimum absolute atomic E-state index is 0.0147. The van der Waals surface area contributed by atoms with E-state index >= 15 is 0 Å². The molecule has 0 aromatic heterocycles. The molecule has 396 valence electrons. The molecule has 0 fully saturated rings. The third-order valence-corrected chi connectivity index (χ3v) is 14.2. The minimum atomic E-state index is -0.930. The van der Waals surface area contributed by atoms with E-state index < -0.39 is 18.2 Å². The summed E-state index contributed by atoms with van der Waals surface area (Å²) < 4.78 is 0. The van der Waals surface area contributed by atoms with Gasteiger partial charge in [-0.05, 0) is 51.4 Å². The van der Waals surface area contributed by atoms with E-state index in [9.17, 15) is 20.1 Å². The molecule has 67 heavy (non-hydrogen) atoms. The Hall–Kier alpha value is -1.43. The fourth-order valence-corrected chi connectivity index (χ4v) is 9.55. The lowest BCUT2D eigenvalue weighted by molar-refractivity contribution is -0.124. The van der Waals surface area contributed by atoms with Crippen LogP contribution in [0.5, 0.6) is 0 Å². The van der Waals surface area contributed by atoms with Crippen LogP contribution in [0.2, 0.25) is 0 Å². The summed E-state index contributed by atoms with van der Waals surface area (Å²) in [5, 5.41) is 33.5. The summed E-state index contributed by atoms with van der Waals surface area (Å²) in [6, 6.07) is -0.745. The minimum Gasteiger partial charge on any atom is -0.394 e. The fourth-order valence-electron chi connectivity index (χ4n) is 9.55. The molecule has 0 aliphatic heterocycles. The average Bonchev–Trinajstić information content (AvgIpc) is 3.32. The number of carbonyl (C=O) groups excluding carboxylic acids is 1. The first-order valence-corrected chi connectivity index (χ1v) is 30.3. The summed E-state index contributed by atoms with van der Waals surface area (Å²) in [6.07, 6.45) is 74.9. The highest BCUT2D eigenvalue weighted by Crippen LogP contribution is 2.18. The summed E-state index contributed by atoms with van der Waals surface area (Å²) in [5.41, 5.74) is 0. The highest BCUT2D eigenvalue weighted by molar-refractivity contribution is 5.76. The van der Waals surface area contributed by atoms with Crippen molar-refractivity contribution < 1.29 is 20.1 Å². The van der Waals surface area contributed by atoms with Gasteiger partial charge in [0.05, 0.1) is 31.3 Å². The van der Waals surface area contributed by atoms with E-state index in [2.05, 4.69) is 43.5 Å². The lowest BCUT2D eigenvalue weighted by Crippen LogP contribution is -2.45. The maximum absolute atomic E-state index is 12.5. The van der Waals surface area contributed by atoms with Crippen molar-refractivity contribution in [2.24, 2.45) is 0 Å². The van der Waals surface area contributed by atoms with Gasteiger partial charge < -0.3 is 20.6 Å². The van der Waals surface area contributed by atoms with E-state index in [-0.39, 0.29) is 18.9 Å². The number of aliphatic hydroxyl groups excluding tert-OH is 3. The molecule has 3 atom stereocenters. The molecular formula is C62H119NO4. The lowest BCUT2D eigenvalue weighted by atomic mass is 10.0. The van der Waals surface area contributed by atoms with Gasteiger partial charge in [0.1, 0.15) is 0 Å². The number of nitrogens with one attached hydrogen (secondary N) is 1. The first-order valence-electron chi connectivity index (χ1n) is 30.3. The van der Waals surface area contributed by atoms with Gasteiger partial charge in [-0.15, -0.1) is 0 Å². The van der Waals surface area contributed by atoms with E-state index in [0.717, 1.165) is 32.1 Å². The molecule has 0 aromatic carbocycles. The van der Waals surface area contributed by atoms with Gasteiger partial charge in [-0.3, -0.25) is 4.79 Å². The van der Waals surface area contributed by atoms with Gasteiger partial charge in [-0.2, -0.15) is 0 Å². The Kier molecular flexibility index (Phi) is 55.9. The molecule has 0 aliphatic carbocycles. The predicted octanol–water partition coefficient (Wildman–Crippen LogP) is 19.0. The molecule has 5 nitrogen and oxygen atoms in total. The smallest absolute Gasteiger partial charge is 0.222 e. The predicted molar refractivity (Wildman–Crippen MR) is 296 cm³/mol. The summed E-state index contributed by atoms with van der Waals surface area (Å²) in [5.74, 6) is -0.311. The lowest BCUT2D eigenvalue weighted by Gasteiger charge is -2.21. The van der Waals surface area contributed by atoms with Crippen molar-refractivity contribution in [3.05, 3.63) is 36.5 Å². The largest absolute Gasteiger partial charge is 0.394 e. The molecule has 0 radical (unpaired) electrons. The molecular weight excluding hydrogens is 823 g/mol. The quantitative estimate of drug-likeness (QED) is 0.0361. The van der Waals surface area contributed by atoms with Gasteiger partial charge in [0.2, 0.25) is 5.91 Å². The highest BCUT2D eigenvalue weighted by Gasteiger charge is 2.20. The van der Waals surface area contributed by atoms with Crippen LogP contribution in [0.4, 0.5) is 0 Å². The number of carbonyl (C=O) groups is 1. The molecule has 4 N–H and O–H groups in total. The van der Waals surface area contributed by atoms with Gasteiger partial charge in [0.25, 0.3) is 0 Å². The van der Waals surface area contributed by atoms with Crippen LogP contribution in [0.3, 0.4) is 0 Å². The molecule has 3 unspecified atom stereocenters. The third kappa shape index (κ3) is 53.8. The number of unbranched alkanes of at least 4 members (excludes halogenated alkanes) is 43. The Labute approximate surface area is 419 Å². The van der Waals surface area contributed by atoms with Crippen molar-refractivity contribution in [3.8, 4) is 0 Å². The molecule has 0 bridgehead atoms. The van der Waals surface area contributed by atoms with Gasteiger partial charge in [-0.25, -0.2) is 0 Å². The topological polar surface area (TPSA) is 89.8 Å². The van der Waals surface area contributed by atoms with Gasteiger partial charge >= 0.3 is 0 Å². The maximum Gasteiger partial charge on any atom is 0.222 e. The van der Waals surface area contributed by atoms with Crippen LogP contribution in [0.1, 0.15) is 328 Å². The van der Waals surface area contributed by atoms with E-state index in [0.29, 0.717) is 6.42 Å². The van der Waals surface area contributed by atoms with Gasteiger partial charge in [0.15, 0.2) is 0 Å². The summed E-state index contributed by atoms with van der Waals surface area (Å²) >= 11 is 0. The SMILES string of the molecule is CCCCCCCCCCC/C=C\C/C=C\CCCCCCCCCCCCCCCC(O)CC(=O)NC(CO)C(O)/C=C/CCCCCCCCCCCCCCCCCCCCCCC. The molecule has 0 spiro atoms. The Bertz CT molecular complexity index is 1040. The standard InChI is InChI=1S/C62H119NO4/c1-3-5-7-9-11-13-15-17-19-21-23-25-27-28-29-30-31-32-34-35-37-39-41-43-45-47-49-51-53-55-59(65)57-62(67)63-60(58-64)61(66)56-54-52-50-48-46-44-42-40-38-36-33-26-24-22-20-18-16-14-12-10-8-6-4-2/h23,25,28-29,54,56,59-61,64-66H,3-22,24,26-27,30-53,55,57-58H2,1-2H3,(H,63,67)/b25-23-,29-28-,56-54+. The van der Waals surface area contributed by atoms with Crippen LogP contribution in [0, 0.1) is 0 Å². The summed E-state index contributed by atoms with van der Waals surface area (Å²) in [4.78, 5) is 12.5. The monoisotopic (exact) mass is 942 g/mol. The molecule has 5 heteroatoms. The zero-order valence-electron chi connectivity index (χ0n) is 45.3. The molecule has 0 rings (SSSR count). The van der Waals surface area contributed by atoms with Crippen molar-refractivity contribution in [1.29, 1.82) is 0 Å². The first kappa shape index (κ1) is 65.6. The molecule has 0 aliphatic rings. The van der Waals surface area contributed by atoms with Crippen molar-refractivity contribution >= 4 is 5.91 Å². The molecule has 1 amide bonds. The fraction of sp³-hybridized carbons (Fsp3) is 0.887. The van der Waals surface area contributed by atoms with Crippen molar-refractivity contribution in [2.45, 2.75) is 347 Å². The zero-order valence-corrected chi connectivity index (χ0v) is 45.3. The van der Waals surface area contributed by atoms with Crippen molar-refractivity contribution in [1.82, 2.24) is 5.32 Å². The van der Waals surface area contributed by atoms with Gasteiger partial charge in [-0.1, -0.05) is 307 Å². The molecule has 0 heterocycles. The number of hydrogen-bond acceptors (Lipinski definition) is 4. The Balaban J connectivity index is 3.55. The van der Waals surface area contributed by atoms with E-state index in [1.807, 2.05) is 6.08 Å². The van der Waals surface area contributed by atoms with E-state index in [1.165, 1.54) is 270 Å². The summed E-state index contributed by atoms with van der Waals surface area (Å²) in [6.45, 7) is 4.25. The number of amides is 1. The second-order valence-corrected chi connectivity index (χ2v) is 21.0. The highest BCUT2D eigenvalue weighted by atomic mass is 16.3. The van der Waals surface area contributed by atoms with Crippen LogP contribution in [-0.2, 0) is 4.79 Å². The second-order valence-electron chi connectivity index (χ2n) is 21.0. The number of allylic oxidation sites excluding steroid dienone is 5. The molecule has 0 saturated carbocycles. The number of hydrogen-bond donors (Lipinski definition) is 4. The third-order valence-electron chi connectivity index (χ3n) is 14.2. The Morgan fingerprint density at radius 2 is 0.672 bits per heavy atom. The van der Waals surface area contributed by atoms with Crippen LogP contribution >= 0.6 is 0 Å². The number of rotatable bonds is 56. The van der Waals surface area contributed by atoms with Crippen molar-refractivity contribution in [2.75, 3.05) is 6.61 Å². The van der Waals surface area contributed by atoms with E-state index in [4.69, 9.17) is 0 Å². The van der Waals surface area contributed by atoms with Crippen LogP contribution in [0.15, 0.2) is 36.5 Å². The number of aliphatic hydroxyl groups is 3. The van der Waals surface area contributed by atoms with Crippen LogP contribution < -0.4 is 5.32 Å². The van der Waals surface area contributed by atoms with Crippen molar-refractivity contribution in [3.63, 3.8) is 0 Å². The molecule has 0 saturated heterocycles. The second kappa shape index (κ2) is 57.2. The maximum atomic E-state index is 12.5. The first-order chi connectivity index (χ1) is 33.0. The molecule has 0 aromatic rings. The normalized spacial score (nSPS) is 13.4. The summed E-state index contributed by atoms with van der Waals surface area (Å²) in [7, 11) is 0. The van der Waals surface area contributed by atoms with E-state index in [1.54, 1.807) is 6.08 Å². The Morgan fingerprint density at radius 1 is 0.388 bits per heavy atom. The zero-order chi connectivity index (χ0) is 48.6. The van der Waals surface area contributed by atoms with Gasteiger partial charge in [0, 0.05) is 0 Å². The van der Waals surface area contributed by atoms with Crippen LogP contribution in [0.25, 0.3) is 0 Å². The Morgan fingerprint density at radius 3 is 0.985 bits per heavy atom. The average molecular weight is 943 g/mol.